The van der Waals surface area contributed by atoms with Gasteiger partial charge in [-0.1, -0.05) is 0 Å². The number of carboxylic acids is 1. The summed E-state index contributed by atoms with van der Waals surface area (Å²) < 4.78 is 10.1. The van der Waals surface area contributed by atoms with Crippen molar-refractivity contribution >= 4 is 23.5 Å². The van der Waals surface area contributed by atoms with Gasteiger partial charge in [0, 0.05) is 7.05 Å². The number of hydrogen-bond acceptors (Lipinski definition) is 4. The summed E-state index contributed by atoms with van der Waals surface area (Å²) in [6, 6.07) is 2.41. The van der Waals surface area contributed by atoms with Gasteiger partial charge in [0.15, 0.2) is 11.0 Å². The Morgan fingerprint density at radius 1 is 1.44 bits per heavy atom. The summed E-state index contributed by atoms with van der Waals surface area (Å²) in [7, 11) is 1.52. The van der Waals surface area contributed by atoms with Crippen LogP contribution in [0.2, 0.25) is 5.22 Å². The molecule has 6 nitrogen and oxygen atoms in total. The maximum Gasteiger partial charge on any atom is 0.311 e. The minimum atomic E-state index is -0.977. The predicted molar refractivity (Wildman–Crippen MR) is 61.5 cm³/mol. The molecule has 2 atom stereocenters. The molecule has 7 heteroatoms. The van der Waals surface area contributed by atoms with Crippen molar-refractivity contribution in [3.8, 4) is 0 Å². The van der Waals surface area contributed by atoms with Crippen LogP contribution in [0.1, 0.15) is 10.6 Å². The molecule has 0 spiro atoms. The summed E-state index contributed by atoms with van der Waals surface area (Å²) in [5.41, 5.74) is 0. The smallest absolute Gasteiger partial charge is 0.311 e. The zero-order valence-electron chi connectivity index (χ0n) is 9.63. The van der Waals surface area contributed by atoms with Gasteiger partial charge in [0.05, 0.1) is 19.3 Å². The zero-order chi connectivity index (χ0) is 13.3. The highest BCUT2D eigenvalue weighted by molar-refractivity contribution is 6.29. The molecule has 1 fully saturated rings. The Bertz CT molecular complexity index is 472. The molecule has 0 aromatic carbocycles. The van der Waals surface area contributed by atoms with E-state index < -0.39 is 23.8 Å². The van der Waals surface area contributed by atoms with Gasteiger partial charge in [-0.25, -0.2) is 0 Å². The Morgan fingerprint density at radius 2 is 2.17 bits per heavy atom. The van der Waals surface area contributed by atoms with Crippen molar-refractivity contribution in [2.24, 2.45) is 5.92 Å². The molecule has 1 aliphatic rings. The molecule has 2 rings (SSSR count). The third kappa shape index (κ3) is 2.34. The molecule has 1 N–H and O–H groups in total. The number of hydrogen-bond donors (Lipinski definition) is 1. The fourth-order valence-electron chi connectivity index (χ4n) is 1.91. The van der Waals surface area contributed by atoms with E-state index in [-0.39, 0.29) is 24.2 Å². The van der Waals surface area contributed by atoms with E-state index in [0.29, 0.717) is 0 Å². The molecule has 98 valence electrons. The van der Waals surface area contributed by atoms with E-state index in [2.05, 4.69) is 0 Å². The van der Waals surface area contributed by atoms with Crippen LogP contribution in [0.5, 0.6) is 0 Å². The number of aliphatic carboxylic acids is 1. The van der Waals surface area contributed by atoms with E-state index in [4.69, 9.17) is 25.9 Å². The fourth-order valence-corrected chi connectivity index (χ4v) is 2.06. The summed E-state index contributed by atoms with van der Waals surface area (Å²) in [6.45, 7) is 0.310. The number of carbonyl (C=O) groups excluding carboxylic acids is 1. The van der Waals surface area contributed by atoms with Crippen LogP contribution in [0.3, 0.4) is 0 Å². The second kappa shape index (κ2) is 4.99. The molecule has 2 unspecified atom stereocenters. The van der Waals surface area contributed by atoms with Gasteiger partial charge >= 0.3 is 5.97 Å². The minimum Gasteiger partial charge on any atom is -0.481 e. The molecule has 0 bridgehead atoms. The zero-order valence-corrected chi connectivity index (χ0v) is 10.4. The molecule has 1 aliphatic heterocycles. The van der Waals surface area contributed by atoms with E-state index in [1.807, 2.05) is 0 Å². The van der Waals surface area contributed by atoms with Gasteiger partial charge in [0.1, 0.15) is 5.92 Å². The number of amides is 1. The highest BCUT2D eigenvalue weighted by Gasteiger charge is 2.39. The van der Waals surface area contributed by atoms with Crippen LogP contribution in [-0.4, -0.2) is 48.2 Å². The van der Waals surface area contributed by atoms with Gasteiger partial charge in [-0.2, -0.15) is 0 Å². The lowest BCUT2D eigenvalue weighted by Crippen LogP contribution is -2.44. The van der Waals surface area contributed by atoms with Crippen molar-refractivity contribution in [2.45, 2.75) is 6.04 Å². The fraction of sp³-hybridized carbons (Fsp3) is 0.455. The summed E-state index contributed by atoms with van der Waals surface area (Å²) in [5.74, 6) is -2.03. The Morgan fingerprint density at radius 3 is 2.72 bits per heavy atom. The van der Waals surface area contributed by atoms with Crippen molar-refractivity contribution in [1.82, 2.24) is 4.90 Å². The van der Waals surface area contributed by atoms with E-state index in [1.165, 1.54) is 24.1 Å². The second-order valence-corrected chi connectivity index (χ2v) is 4.44. The number of ether oxygens (including phenoxy) is 1. The van der Waals surface area contributed by atoms with Crippen LogP contribution in [0.15, 0.2) is 16.5 Å². The average Bonchev–Trinajstić information content (AvgIpc) is 2.95. The largest absolute Gasteiger partial charge is 0.481 e. The van der Waals surface area contributed by atoms with E-state index in [9.17, 15) is 9.59 Å². The first-order valence-corrected chi connectivity index (χ1v) is 5.71. The number of carbonyl (C=O) groups is 2. The number of likely N-dealkylation sites (N-methyl/N-ethyl adjacent to an activating group) is 1. The molecule has 1 aromatic rings. The van der Waals surface area contributed by atoms with Crippen LogP contribution >= 0.6 is 11.6 Å². The number of rotatable bonds is 3. The van der Waals surface area contributed by atoms with Crippen molar-refractivity contribution in [3.63, 3.8) is 0 Å². The summed E-state index contributed by atoms with van der Waals surface area (Å²) in [5, 5.41) is 9.14. The lowest BCUT2D eigenvalue weighted by molar-refractivity contribution is -0.142. The molecular weight excluding hydrogens is 262 g/mol. The van der Waals surface area contributed by atoms with Crippen molar-refractivity contribution in [2.75, 3.05) is 20.3 Å². The lowest BCUT2D eigenvalue weighted by Gasteiger charge is -2.25. The number of carboxylic acid groups (broad SMARTS) is 1. The molecule has 2 heterocycles. The first-order valence-electron chi connectivity index (χ1n) is 5.33. The van der Waals surface area contributed by atoms with Gasteiger partial charge in [-0.05, 0) is 23.7 Å². The summed E-state index contributed by atoms with van der Waals surface area (Å²) >= 11 is 5.59. The minimum absolute atomic E-state index is 0.0820. The van der Waals surface area contributed by atoms with Gasteiger partial charge in [0.2, 0.25) is 0 Å². The average molecular weight is 274 g/mol. The van der Waals surface area contributed by atoms with Crippen molar-refractivity contribution in [3.05, 3.63) is 23.1 Å². The Labute approximate surface area is 108 Å². The van der Waals surface area contributed by atoms with Crippen molar-refractivity contribution < 1.29 is 23.8 Å². The Hall–Kier alpha value is -1.53. The van der Waals surface area contributed by atoms with Gasteiger partial charge < -0.3 is 19.2 Å². The molecule has 0 aliphatic carbocycles. The third-order valence-corrected chi connectivity index (χ3v) is 3.17. The van der Waals surface area contributed by atoms with Crippen LogP contribution in [0.25, 0.3) is 0 Å². The maximum absolute atomic E-state index is 12.0. The first kappa shape index (κ1) is 12.9. The standard InChI is InChI=1S/C11H12ClNO5/c1-13(7-5-17-4-6(7)11(15)16)10(14)8-2-3-9(12)18-8/h2-3,6-7H,4-5H2,1H3,(H,15,16). The predicted octanol–water partition coefficient (Wildman–Crippen LogP) is 1.10. The van der Waals surface area contributed by atoms with E-state index in [0.717, 1.165) is 0 Å². The van der Waals surface area contributed by atoms with Gasteiger partial charge in [-0.15, -0.1) is 0 Å². The number of furan rings is 1. The highest BCUT2D eigenvalue weighted by atomic mass is 35.5. The topological polar surface area (TPSA) is 80.0 Å². The van der Waals surface area contributed by atoms with Crippen molar-refractivity contribution in [1.29, 1.82) is 0 Å². The quantitative estimate of drug-likeness (QED) is 0.892. The Kier molecular flexibility index (Phi) is 3.58. The molecule has 1 amide bonds. The van der Waals surface area contributed by atoms with Gasteiger partial charge in [-0.3, -0.25) is 9.59 Å². The second-order valence-electron chi connectivity index (χ2n) is 4.07. The SMILES string of the molecule is CN(C(=O)c1ccc(Cl)o1)C1COCC1C(=O)O. The molecule has 0 radical (unpaired) electrons. The Balaban J connectivity index is 2.13. The van der Waals surface area contributed by atoms with Crippen LogP contribution in [0, 0.1) is 5.92 Å². The number of nitrogens with zero attached hydrogens (tertiary/aromatic N) is 1. The molecule has 0 saturated carbocycles. The molecule has 18 heavy (non-hydrogen) atoms. The van der Waals surface area contributed by atoms with Crippen LogP contribution in [-0.2, 0) is 9.53 Å². The van der Waals surface area contributed by atoms with E-state index >= 15 is 0 Å². The summed E-state index contributed by atoms with van der Waals surface area (Å²) in [6.07, 6.45) is 0. The summed E-state index contributed by atoms with van der Waals surface area (Å²) in [4.78, 5) is 24.4. The highest BCUT2D eigenvalue weighted by Crippen LogP contribution is 2.22. The number of halogens is 1. The van der Waals surface area contributed by atoms with Crippen LogP contribution in [0.4, 0.5) is 0 Å². The van der Waals surface area contributed by atoms with Gasteiger partial charge in [0.25, 0.3) is 5.91 Å². The monoisotopic (exact) mass is 273 g/mol. The molecule has 1 aromatic heterocycles. The molecular formula is C11H12ClNO5. The first-order chi connectivity index (χ1) is 8.50. The van der Waals surface area contributed by atoms with E-state index in [1.54, 1.807) is 0 Å². The van der Waals surface area contributed by atoms with Crippen LogP contribution < -0.4 is 0 Å². The lowest BCUT2D eigenvalue weighted by atomic mass is 10.0. The third-order valence-electron chi connectivity index (χ3n) is 2.97. The molecule has 1 saturated heterocycles. The normalized spacial score (nSPS) is 23.0. The maximum atomic E-state index is 12.0.